The summed E-state index contributed by atoms with van der Waals surface area (Å²) in [5, 5.41) is 0.720. The Morgan fingerprint density at radius 3 is 1.93 bits per heavy atom. The van der Waals surface area contributed by atoms with Gasteiger partial charge in [0.25, 0.3) is 15.9 Å². The smallest absolute Gasteiger partial charge is 0.268 e. The third-order valence-corrected chi connectivity index (χ3v) is 13.3. The molecule has 0 unspecified atom stereocenters. The number of amides is 3. The molecule has 8 rings (SSSR count). The second-order valence-electron chi connectivity index (χ2n) is 14.8. The van der Waals surface area contributed by atoms with Crippen molar-refractivity contribution in [2.24, 2.45) is 5.92 Å². The van der Waals surface area contributed by atoms with Crippen LogP contribution >= 0.6 is 0 Å². The highest BCUT2D eigenvalue weighted by Crippen LogP contribution is 2.35. The molecule has 5 heterocycles. The molecule has 284 valence electrons. The second-order valence-corrected chi connectivity index (χ2v) is 16.6. The highest BCUT2D eigenvalue weighted by molar-refractivity contribution is 7.90. The van der Waals surface area contributed by atoms with Crippen LogP contribution in [0.1, 0.15) is 43.0 Å². The normalized spacial score (nSPS) is 17.8. The van der Waals surface area contributed by atoms with E-state index in [0.29, 0.717) is 60.3 Å². The Morgan fingerprint density at radius 1 is 0.655 bits per heavy atom. The van der Waals surface area contributed by atoms with Crippen molar-refractivity contribution in [1.29, 1.82) is 0 Å². The molecule has 2 aromatic heterocycles. The van der Waals surface area contributed by atoms with Crippen molar-refractivity contribution in [2.45, 2.75) is 43.5 Å². The van der Waals surface area contributed by atoms with Gasteiger partial charge in [-0.15, -0.1) is 0 Å². The monoisotopic (exact) mass is 758 g/mol. The maximum atomic E-state index is 14.3. The number of hydrogen-bond donors (Lipinski definition) is 0. The number of carbonyl (C=O) groups excluding carboxylic acids is 3. The Balaban J connectivity index is 0.992. The number of para-hydroxylation sites is 1. The van der Waals surface area contributed by atoms with Crippen LogP contribution in [0.5, 0.6) is 0 Å². The van der Waals surface area contributed by atoms with Gasteiger partial charge in [-0.05, 0) is 56.0 Å². The molecule has 3 aliphatic heterocycles. The largest absolute Gasteiger partial charge is 0.343 e. The first-order chi connectivity index (χ1) is 26.7. The SMILES string of the molecule is CC(=O)N1CCC(C(=O)N2CCC(N3CCN(C(=O)c4cc(-c5ccccc5)nc(-c5cn(S(=O)(=O)c6ccccc6)c6ccccc56)c4)CC3)CC2)CC1. The van der Waals surface area contributed by atoms with Crippen LogP contribution < -0.4 is 0 Å². The summed E-state index contributed by atoms with van der Waals surface area (Å²) in [7, 11) is -3.91. The van der Waals surface area contributed by atoms with E-state index in [0.717, 1.165) is 62.8 Å². The molecule has 3 aromatic carbocycles. The Hall–Kier alpha value is -5.33. The van der Waals surface area contributed by atoms with E-state index in [1.165, 1.54) is 3.97 Å². The van der Waals surface area contributed by atoms with E-state index in [4.69, 9.17) is 4.98 Å². The molecular weight excluding hydrogens is 713 g/mol. The summed E-state index contributed by atoms with van der Waals surface area (Å²) in [6.07, 6.45) is 4.91. The van der Waals surface area contributed by atoms with Gasteiger partial charge in [-0.2, -0.15) is 0 Å². The van der Waals surface area contributed by atoms with E-state index in [9.17, 15) is 22.8 Å². The van der Waals surface area contributed by atoms with Gasteiger partial charge in [0.2, 0.25) is 11.8 Å². The van der Waals surface area contributed by atoms with Gasteiger partial charge in [-0.1, -0.05) is 66.7 Å². The van der Waals surface area contributed by atoms with Gasteiger partial charge in [0.1, 0.15) is 0 Å². The lowest BCUT2D eigenvalue weighted by Gasteiger charge is -2.43. The third-order valence-electron chi connectivity index (χ3n) is 11.6. The van der Waals surface area contributed by atoms with Crippen molar-refractivity contribution in [3.8, 4) is 22.5 Å². The van der Waals surface area contributed by atoms with Gasteiger partial charge in [0.15, 0.2) is 0 Å². The highest BCUT2D eigenvalue weighted by Gasteiger charge is 2.34. The van der Waals surface area contributed by atoms with Crippen molar-refractivity contribution in [2.75, 3.05) is 52.4 Å². The molecule has 0 bridgehead atoms. The van der Waals surface area contributed by atoms with Crippen LogP contribution in [0.25, 0.3) is 33.4 Å². The fraction of sp³-hybridized carbons (Fsp3) is 0.349. The molecule has 3 amide bonds. The molecule has 3 fully saturated rings. The lowest BCUT2D eigenvalue weighted by Crippen LogP contribution is -2.55. The summed E-state index contributed by atoms with van der Waals surface area (Å²) >= 11 is 0. The highest BCUT2D eigenvalue weighted by atomic mass is 32.2. The Kier molecular flexibility index (Phi) is 10.3. The van der Waals surface area contributed by atoms with E-state index < -0.39 is 10.0 Å². The first-order valence-corrected chi connectivity index (χ1v) is 20.7. The molecule has 0 aliphatic carbocycles. The predicted molar refractivity (Wildman–Crippen MR) is 212 cm³/mol. The van der Waals surface area contributed by atoms with Crippen LogP contribution in [0.4, 0.5) is 0 Å². The fourth-order valence-electron chi connectivity index (χ4n) is 8.43. The fourth-order valence-corrected chi connectivity index (χ4v) is 9.82. The number of benzene rings is 3. The van der Waals surface area contributed by atoms with Gasteiger partial charge in [-0.3, -0.25) is 19.3 Å². The topological polar surface area (TPSA) is 116 Å². The van der Waals surface area contributed by atoms with E-state index in [-0.39, 0.29) is 28.5 Å². The van der Waals surface area contributed by atoms with E-state index in [1.54, 1.807) is 55.6 Å². The lowest BCUT2D eigenvalue weighted by atomic mass is 9.93. The third kappa shape index (κ3) is 7.40. The number of piperazine rings is 1. The van der Waals surface area contributed by atoms with Crippen molar-refractivity contribution in [1.82, 2.24) is 28.6 Å². The van der Waals surface area contributed by atoms with Gasteiger partial charge in [0, 0.05) is 99.5 Å². The van der Waals surface area contributed by atoms with Crippen molar-refractivity contribution >= 4 is 38.6 Å². The summed E-state index contributed by atoms with van der Waals surface area (Å²) in [6.45, 7) is 7.04. The standard InChI is InChI=1S/C43H46N6O5S/c1-31(50)45-20-16-33(17-21-45)42(51)47-22-18-35(19-23-47)46-24-26-48(27-25-46)43(52)34-28-39(32-10-4-2-5-11-32)44-40(29-34)38-30-49(41-15-9-8-14-37(38)41)55(53,54)36-12-6-3-7-13-36/h2-15,28-30,33,35H,16-27H2,1H3. The number of carbonyl (C=O) groups is 3. The molecule has 0 atom stereocenters. The summed E-state index contributed by atoms with van der Waals surface area (Å²) in [6, 6.07) is 29.4. The number of rotatable bonds is 7. The average molecular weight is 759 g/mol. The van der Waals surface area contributed by atoms with Crippen molar-refractivity contribution < 1.29 is 22.8 Å². The van der Waals surface area contributed by atoms with Gasteiger partial charge in [0.05, 0.1) is 21.8 Å². The summed E-state index contributed by atoms with van der Waals surface area (Å²) in [5.41, 5.74) is 3.66. The van der Waals surface area contributed by atoms with Crippen molar-refractivity contribution in [3.05, 3.63) is 109 Å². The van der Waals surface area contributed by atoms with E-state index in [1.807, 2.05) is 69.3 Å². The lowest BCUT2D eigenvalue weighted by molar-refractivity contribution is -0.141. The molecule has 3 saturated heterocycles. The van der Waals surface area contributed by atoms with E-state index in [2.05, 4.69) is 4.90 Å². The molecule has 55 heavy (non-hydrogen) atoms. The van der Waals surface area contributed by atoms with Crippen LogP contribution in [-0.4, -0.2) is 113 Å². The quantitative estimate of drug-likeness (QED) is 0.212. The van der Waals surface area contributed by atoms with Crippen LogP contribution in [-0.2, 0) is 19.6 Å². The number of hydrogen-bond acceptors (Lipinski definition) is 7. The molecule has 0 saturated carbocycles. The Morgan fingerprint density at radius 2 is 1.25 bits per heavy atom. The maximum absolute atomic E-state index is 14.3. The molecular formula is C43H46N6O5S. The molecule has 5 aromatic rings. The molecule has 0 radical (unpaired) electrons. The van der Waals surface area contributed by atoms with Crippen LogP contribution in [0.15, 0.2) is 108 Å². The van der Waals surface area contributed by atoms with Crippen LogP contribution in [0.2, 0.25) is 0 Å². The zero-order valence-electron chi connectivity index (χ0n) is 31.1. The minimum Gasteiger partial charge on any atom is -0.343 e. The van der Waals surface area contributed by atoms with Crippen LogP contribution in [0.3, 0.4) is 0 Å². The zero-order chi connectivity index (χ0) is 38.1. The van der Waals surface area contributed by atoms with Crippen molar-refractivity contribution in [3.63, 3.8) is 0 Å². The minimum atomic E-state index is -3.91. The number of piperidine rings is 2. The molecule has 0 spiro atoms. The first-order valence-electron chi connectivity index (χ1n) is 19.2. The maximum Gasteiger partial charge on any atom is 0.268 e. The zero-order valence-corrected chi connectivity index (χ0v) is 31.9. The van der Waals surface area contributed by atoms with Gasteiger partial charge < -0.3 is 14.7 Å². The number of fused-ring (bicyclic) bond motifs is 1. The summed E-state index contributed by atoms with van der Waals surface area (Å²) < 4.78 is 29.1. The summed E-state index contributed by atoms with van der Waals surface area (Å²) in [5.74, 6) is 0.219. The number of nitrogens with zero attached hydrogens (tertiary/aromatic N) is 6. The van der Waals surface area contributed by atoms with Gasteiger partial charge in [-0.25, -0.2) is 17.4 Å². The molecule has 12 heteroatoms. The minimum absolute atomic E-state index is 0.00113. The average Bonchev–Trinajstić information content (AvgIpc) is 3.65. The number of aromatic nitrogens is 2. The molecule has 3 aliphatic rings. The number of pyridine rings is 1. The summed E-state index contributed by atoms with van der Waals surface area (Å²) in [4.78, 5) is 52.7. The van der Waals surface area contributed by atoms with E-state index >= 15 is 0 Å². The van der Waals surface area contributed by atoms with Crippen LogP contribution in [0, 0.1) is 5.92 Å². The second kappa shape index (κ2) is 15.4. The number of likely N-dealkylation sites (tertiary alicyclic amines) is 2. The predicted octanol–water partition coefficient (Wildman–Crippen LogP) is 5.61. The molecule has 0 N–H and O–H groups in total. The Labute approximate surface area is 322 Å². The van der Waals surface area contributed by atoms with Gasteiger partial charge >= 0.3 is 0 Å². The first kappa shape index (κ1) is 36.6. The molecule has 11 nitrogen and oxygen atoms in total. The Bertz CT molecular complexity index is 2310.